The Morgan fingerprint density at radius 3 is 2.58 bits per heavy atom. The van der Waals surface area contributed by atoms with Gasteiger partial charge in [-0.2, -0.15) is 0 Å². The number of amides is 1. The van der Waals surface area contributed by atoms with Gasteiger partial charge in [-0.15, -0.1) is 0 Å². The number of carboxylic acids is 1. The Labute approximate surface area is 144 Å². The molecule has 0 aromatic heterocycles. The third-order valence-electron chi connectivity index (χ3n) is 4.69. The predicted molar refractivity (Wildman–Crippen MR) is 95.5 cm³/mol. The van der Waals surface area contributed by atoms with Crippen molar-refractivity contribution in [2.45, 2.75) is 51.5 Å². The first-order valence-corrected chi connectivity index (χ1v) is 8.87. The van der Waals surface area contributed by atoms with E-state index in [-0.39, 0.29) is 18.4 Å². The molecule has 1 aliphatic rings. The number of carboxylic acid groups (broad SMARTS) is 1. The molecule has 132 valence electrons. The van der Waals surface area contributed by atoms with Crippen LogP contribution in [0.5, 0.6) is 0 Å². The van der Waals surface area contributed by atoms with Gasteiger partial charge in [0, 0.05) is 43.9 Å². The Hall–Kier alpha value is -2.04. The number of rotatable bonds is 7. The molecule has 0 radical (unpaired) electrons. The number of hydrogen-bond acceptors (Lipinski definition) is 3. The average Bonchev–Trinajstić information content (AvgIpc) is 2.60. The van der Waals surface area contributed by atoms with Crippen LogP contribution in [0.25, 0.3) is 0 Å². The Morgan fingerprint density at radius 1 is 1.25 bits per heavy atom. The van der Waals surface area contributed by atoms with Crippen LogP contribution in [0.2, 0.25) is 0 Å². The summed E-state index contributed by atoms with van der Waals surface area (Å²) in [4.78, 5) is 27.7. The molecule has 0 bridgehead atoms. The third-order valence-corrected chi connectivity index (χ3v) is 4.69. The standard InChI is InChI=1S/C19H28N2O3/c1-3-13-20(2)16-9-7-15(8-10-16)19(24)21-14-5-4-6-17(21)11-12-18(22)23/h7-10,17H,3-6,11-14H2,1-2H3,(H,22,23). The Balaban J connectivity index is 2.06. The lowest BCUT2D eigenvalue weighted by Gasteiger charge is -2.35. The highest BCUT2D eigenvalue weighted by molar-refractivity contribution is 5.94. The van der Waals surface area contributed by atoms with Gasteiger partial charge in [0.15, 0.2) is 0 Å². The number of carbonyl (C=O) groups is 2. The summed E-state index contributed by atoms with van der Waals surface area (Å²) in [6, 6.07) is 7.78. The van der Waals surface area contributed by atoms with E-state index in [0.717, 1.165) is 44.5 Å². The number of nitrogens with zero attached hydrogens (tertiary/aromatic N) is 2. The average molecular weight is 332 g/mol. The maximum absolute atomic E-state index is 12.8. The van der Waals surface area contributed by atoms with Crippen molar-refractivity contribution >= 4 is 17.6 Å². The Bertz CT molecular complexity index is 556. The molecule has 1 aromatic carbocycles. The van der Waals surface area contributed by atoms with Crippen LogP contribution in [-0.2, 0) is 4.79 Å². The Kier molecular flexibility index (Phi) is 6.64. The minimum atomic E-state index is -0.795. The maximum Gasteiger partial charge on any atom is 0.303 e. The van der Waals surface area contributed by atoms with Crippen LogP contribution in [0.15, 0.2) is 24.3 Å². The fourth-order valence-electron chi connectivity index (χ4n) is 3.35. The van der Waals surface area contributed by atoms with Crippen molar-refractivity contribution in [3.8, 4) is 0 Å². The van der Waals surface area contributed by atoms with Gasteiger partial charge in [-0.25, -0.2) is 0 Å². The van der Waals surface area contributed by atoms with Crippen molar-refractivity contribution in [2.24, 2.45) is 0 Å². The molecule has 1 N–H and O–H groups in total. The second kappa shape index (κ2) is 8.71. The molecule has 1 amide bonds. The number of benzene rings is 1. The minimum absolute atomic E-state index is 0.0229. The van der Waals surface area contributed by atoms with E-state index in [0.29, 0.717) is 12.0 Å². The summed E-state index contributed by atoms with van der Waals surface area (Å²) < 4.78 is 0. The lowest BCUT2D eigenvalue weighted by atomic mass is 9.97. The summed E-state index contributed by atoms with van der Waals surface area (Å²) in [5.41, 5.74) is 1.79. The fraction of sp³-hybridized carbons (Fsp3) is 0.579. The summed E-state index contributed by atoms with van der Waals surface area (Å²) >= 11 is 0. The van der Waals surface area contributed by atoms with Gasteiger partial charge in [-0.3, -0.25) is 9.59 Å². The van der Waals surface area contributed by atoms with E-state index in [4.69, 9.17) is 5.11 Å². The van der Waals surface area contributed by atoms with Crippen molar-refractivity contribution in [2.75, 3.05) is 25.0 Å². The molecule has 0 saturated carbocycles. The highest BCUT2D eigenvalue weighted by atomic mass is 16.4. The van der Waals surface area contributed by atoms with Crippen molar-refractivity contribution in [1.82, 2.24) is 4.90 Å². The molecule has 1 atom stereocenters. The van der Waals surface area contributed by atoms with Crippen LogP contribution in [0.3, 0.4) is 0 Å². The zero-order chi connectivity index (χ0) is 17.5. The highest BCUT2D eigenvalue weighted by Crippen LogP contribution is 2.24. The molecular formula is C19H28N2O3. The van der Waals surface area contributed by atoms with Gasteiger partial charge in [0.05, 0.1) is 0 Å². The lowest BCUT2D eigenvalue weighted by Crippen LogP contribution is -2.44. The predicted octanol–water partition coefficient (Wildman–Crippen LogP) is 3.39. The number of hydrogen-bond donors (Lipinski definition) is 1. The van der Waals surface area contributed by atoms with Gasteiger partial charge in [0.1, 0.15) is 0 Å². The minimum Gasteiger partial charge on any atom is -0.481 e. The number of anilines is 1. The molecule has 5 nitrogen and oxygen atoms in total. The lowest BCUT2D eigenvalue weighted by molar-refractivity contribution is -0.137. The molecule has 0 aliphatic carbocycles. The van der Waals surface area contributed by atoms with Crippen LogP contribution in [0.1, 0.15) is 55.8 Å². The molecule has 1 saturated heterocycles. The van der Waals surface area contributed by atoms with E-state index in [1.54, 1.807) is 0 Å². The van der Waals surface area contributed by atoms with E-state index in [9.17, 15) is 9.59 Å². The number of aliphatic carboxylic acids is 1. The first-order chi connectivity index (χ1) is 11.5. The summed E-state index contributed by atoms with van der Waals surface area (Å²) in [6.45, 7) is 3.85. The van der Waals surface area contributed by atoms with E-state index in [2.05, 4.69) is 11.8 Å². The largest absolute Gasteiger partial charge is 0.481 e. The molecular weight excluding hydrogens is 304 g/mol. The Morgan fingerprint density at radius 2 is 1.96 bits per heavy atom. The van der Waals surface area contributed by atoms with Crippen LogP contribution >= 0.6 is 0 Å². The second-order valence-electron chi connectivity index (χ2n) is 6.55. The van der Waals surface area contributed by atoms with Crippen LogP contribution < -0.4 is 4.90 Å². The number of likely N-dealkylation sites (tertiary alicyclic amines) is 1. The molecule has 1 aliphatic heterocycles. The molecule has 24 heavy (non-hydrogen) atoms. The summed E-state index contributed by atoms with van der Waals surface area (Å²) in [7, 11) is 2.05. The van der Waals surface area contributed by atoms with E-state index < -0.39 is 5.97 Å². The van der Waals surface area contributed by atoms with Gasteiger partial charge in [-0.05, 0) is 56.4 Å². The smallest absolute Gasteiger partial charge is 0.303 e. The topological polar surface area (TPSA) is 60.9 Å². The van der Waals surface area contributed by atoms with Gasteiger partial charge in [0.2, 0.25) is 0 Å². The van der Waals surface area contributed by atoms with E-state index >= 15 is 0 Å². The number of piperidine rings is 1. The normalized spacial score (nSPS) is 17.6. The molecule has 1 aromatic rings. The summed E-state index contributed by atoms with van der Waals surface area (Å²) in [5.74, 6) is -0.772. The van der Waals surface area contributed by atoms with Gasteiger partial charge in [-0.1, -0.05) is 6.92 Å². The van der Waals surface area contributed by atoms with Crippen LogP contribution in [-0.4, -0.2) is 48.1 Å². The van der Waals surface area contributed by atoms with Crippen LogP contribution in [0, 0.1) is 0 Å². The maximum atomic E-state index is 12.8. The zero-order valence-corrected chi connectivity index (χ0v) is 14.7. The van der Waals surface area contributed by atoms with Gasteiger partial charge < -0.3 is 14.9 Å². The zero-order valence-electron chi connectivity index (χ0n) is 14.7. The quantitative estimate of drug-likeness (QED) is 0.831. The van der Waals surface area contributed by atoms with Crippen molar-refractivity contribution in [3.05, 3.63) is 29.8 Å². The first kappa shape index (κ1) is 18.3. The third kappa shape index (κ3) is 4.73. The van der Waals surface area contributed by atoms with Crippen molar-refractivity contribution in [1.29, 1.82) is 0 Å². The second-order valence-corrected chi connectivity index (χ2v) is 6.55. The van der Waals surface area contributed by atoms with Crippen LogP contribution in [0.4, 0.5) is 5.69 Å². The SMILES string of the molecule is CCCN(C)c1ccc(C(=O)N2CCCCC2CCC(=O)O)cc1. The summed E-state index contributed by atoms with van der Waals surface area (Å²) in [6.07, 6.45) is 4.70. The van der Waals surface area contributed by atoms with Crippen molar-refractivity contribution < 1.29 is 14.7 Å². The first-order valence-electron chi connectivity index (χ1n) is 8.87. The molecule has 0 spiro atoms. The van der Waals surface area contributed by atoms with E-state index in [1.165, 1.54) is 0 Å². The monoisotopic (exact) mass is 332 g/mol. The van der Waals surface area contributed by atoms with Gasteiger partial charge in [0.25, 0.3) is 5.91 Å². The molecule has 1 unspecified atom stereocenters. The molecule has 1 heterocycles. The molecule has 1 fully saturated rings. The number of carbonyl (C=O) groups excluding carboxylic acids is 1. The molecule has 5 heteroatoms. The molecule has 2 rings (SSSR count). The fourth-order valence-corrected chi connectivity index (χ4v) is 3.35. The van der Waals surface area contributed by atoms with Gasteiger partial charge >= 0.3 is 5.97 Å². The van der Waals surface area contributed by atoms with E-state index in [1.807, 2.05) is 36.2 Å². The highest BCUT2D eigenvalue weighted by Gasteiger charge is 2.27. The summed E-state index contributed by atoms with van der Waals surface area (Å²) in [5, 5.41) is 8.90. The van der Waals surface area contributed by atoms with Crippen molar-refractivity contribution in [3.63, 3.8) is 0 Å².